The van der Waals surface area contributed by atoms with Gasteiger partial charge < -0.3 is 4.90 Å². The van der Waals surface area contributed by atoms with Crippen molar-refractivity contribution in [3.8, 4) is 0 Å². The van der Waals surface area contributed by atoms with Gasteiger partial charge in [0.25, 0.3) is 0 Å². The van der Waals surface area contributed by atoms with Crippen molar-refractivity contribution in [2.45, 2.75) is 39.5 Å². The number of anilines is 1. The van der Waals surface area contributed by atoms with Crippen molar-refractivity contribution >= 4 is 21.6 Å². The predicted octanol–water partition coefficient (Wildman–Crippen LogP) is 2.47. The van der Waals surface area contributed by atoms with Crippen LogP contribution in [0.4, 0.5) is 5.69 Å². The molecule has 1 saturated heterocycles. The molecule has 0 spiro atoms. The Balaban J connectivity index is 2.05. The molecular weight excluding hydrogens is 312 g/mol. The number of aryl methyl sites for hydroxylation is 1. The van der Waals surface area contributed by atoms with Crippen LogP contribution < -0.4 is 4.31 Å². The number of carbonyl (C=O) groups is 1. The number of hydrogen-bond donors (Lipinski definition) is 0. The Morgan fingerprint density at radius 2 is 1.87 bits per heavy atom. The zero-order valence-corrected chi connectivity index (χ0v) is 15.0. The highest BCUT2D eigenvalue weighted by atomic mass is 32.2. The van der Waals surface area contributed by atoms with Gasteiger partial charge in [0.2, 0.25) is 15.9 Å². The first-order valence-corrected chi connectivity index (χ1v) is 9.97. The van der Waals surface area contributed by atoms with Gasteiger partial charge in [0, 0.05) is 26.1 Å². The van der Waals surface area contributed by atoms with E-state index in [2.05, 4.69) is 0 Å². The molecule has 1 aliphatic heterocycles. The number of hydrogen-bond acceptors (Lipinski definition) is 3. The van der Waals surface area contributed by atoms with E-state index in [1.54, 1.807) is 0 Å². The summed E-state index contributed by atoms with van der Waals surface area (Å²) in [7, 11) is -3.37. The maximum absolute atomic E-state index is 12.2. The second-order valence-electron chi connectivity index (χ2n) is 6.25. The fourth-order valence-corrected chi connectivity index (χ4v) is 3.99. The fourth-order valence-electron chi connectivity index (χ4n) is 2.97. The molecule has 0 unspecified atom stereocenters. The van der Waals surface area contributed by atoms with E-state index in [0.29, 0.717) is 25.1 Å². The third kappa shape index (κ3) is 4.47. The van der Waals surface area contributed by atoms with Crippen LogP contribution in [0.5, 0.6) is 0 Å². The summed E-state index contributed by atoms with van der Waals surface area (Å²) in [6.07, 6.45) is 4.30. The lowest BCUT2D eigenvalue weighted by Gasteiger charge is -2.25. The van der Waals surface area contributed by atoms with Crippen LogP contribution in [0.15, 0.2) is 18.2 Å². The van der Waals surface area contributed by atoms with E-state index in [1.807, 2.05) is 36.9 Å². The minimum atomic E-state index is -3.37. The van der Waals surface area contributed by atoms with Gasteiger partial charge in [-0.05, 0) is 50.3 Å². The molecule has 0 aliphatic carbocycles. The lowest BCUT2D eigenvalue weighted by molar-refractivity contribution is -0.130. The van der Waals surface area contributed by atoms with E-state index >= 15 is 0 Å². The quantitative estimate of drug-likeness (QED) is 0.801. The van der Waals surface area contributed by atoms with E-state index < -0.39 is 10.0 Å². The molecule has 5 nitrogen and oxygen atoms in total. The van der Waals surface area contributed by atoms with E-state index in [-0.39, 0.29) is 5.91 Å². The summed E-state index contributed by atoms with van der Waals surface area (Å²) in [6, 6.07) is 5.66. The SMILES string of the molecule is Cc1cccc(N(CCCC(=O)N2CCCC2)S(C)(=O)=O)c1C. The first-order valence-electron chi connectivity index (χ1n) is 8.12. The number of rotatable bonds is 6. The van der Waals surface area contributed by atoms with Crippen molar-refractivity contribution < 1.29 is 13.2 Å². The average Bonchev–Trinajstić information content (AvgIpc) is 3.00. The number of sulfonamides is 1. The Morgan fingerprint density at radius 1 is 1.22 bits per heavy atom. The van der Waals surface area contributed by atoms with E-state index in [1.165, 1.54) is 10.6 Å². The first kappa shape index (κ1) is 17.8. The number of likely N-dealkylation sites (tertiary alicyclic amines) is 1. The third-order valence-electron chi connectivity index (χ3n) is 4.46. The van der Waals surface area contributed by atoms with Gasteiger partial charge in [-0.15, -0.1) is 0 Å². The Hall–Kier alpha value is -1.56. The summed E-state index contributed by atoms with van der Waals surface area (Å²) >= 11 is 0. The topological polar surface area (TPSA) is 57.7 Å². The van der Waals surface area contributed by atoms with E-state index in [4.69, 9.17) is 0 Å². The van der Waals surface area contributed by atoms with Crippen LogP contribution in [0.2, 0.25) is 0 Å². The maximum atomic E-state index is 12.2. The van der Waals surface area contributed by atoms with Crippen molar-refractivity contribution in [1.29, 1.82) is 0 Å². The van der Waals surface area contributed by atoms with Crippen LogP contribution in [0.3, 0.4) is 0 Å². The summed E-state index contributed by atoms with van der Waals surface area (Å²) in [4.78, 5) is 14.0. The van der Waals surface area contributed by atoms with Crippen LogP contribution in [0.25, 0.3) is 0 Å². The Bertz CT molecular complexity index is 664. The molecule has 128 valence electrons. The molecule has 0 bridgehead atoms. The normalized spacial score (nSPS) is 15.0. The van der Waals surface area contributed by atoms with Gasteiger partial charge in [-0.25, -0.2) is 8.42 Å². The molecule has 0 N–H and O–H groups in total. The number of carbonyl (C=O) groups excluding carboxylic acids is 1. The van der Waals surface area contributed by atoms with Crippen molar-refractivity contribution in [3.63, 3.8) is 0 Å². The molecule has 1 fully saturated rings. The molecule has 1 aliphatic rings. The summed E-state index contributed by atoms with van der Waals surface area (Å²) in [5, 5.41) is 0. The third-order valence-corrected chi connectivity index (χ3v) is 5.64. The number of nitrogens with zero attached hydrogens (tertiary/aromatic N) is 2. The maximum Gasteiger partial charge on any atom is 0.232 e. The Morgan fingerprint density at radius 3 is 2.48 bits per heavy atom. The molecule has 1 aromatic rings. The van der Waals surface area contributed by atoms with Gasteiger partial charge in [0.1, 0.15) is 0 Å². The molecule has 1 aromatic carbocycles. The molecule has 1 heterocycles. The molecule has 1 amide bonds. The summed E-state index contributed by atoms with van der Waals surface area (Å²) in [5.74, 6) is 0.136. The van der Waals surface area contributed by atoms with E-state index in [9.17, 15) is 13.2 Å². The molecule has 23 heavy (non-hydrogen) atoms. The van der Waals surface area contributed by atoms with Crippen LogP contribution in [-0.4, -0.2) is 45.1 Å². The zero-order chi connectivity index (χ0) is 17.0. The highest BCUT2D eigenvalue weighted by Crippen LogP contribution is 2.25. The molecule has 0 radical (unpaired) electrons. The highest BCUT2D eigenvalue weighted by Gasteiger charge is 2.21. The molecular formula is C17H26N2O3S. The number of amides is 1. The average molecular weight is 338 g/mol. The smallest absolute Gasteiger partial charge is 0.232 e. The standard InChI is InChI=1S/C17H26N2O3S/c1-14-8-6-9-16(15(14)2)19(23(3,21)22)13-7-10-17(20)18-11-4-5-12-18/h6,8-9H,4-5,7,10-13H2,1-3H3. The molecule has 0 saturated carbocycles. The van der Waals surface area contributed by atoms with Crippen LogP contribution in [-0.2, 0) is 14.8 Å². The minimum Gasteiger partial charge on any atom is -0.343 e. The molecule has 6 heteroatoms. The van der Waals surface area contributed by atoms with E-state index in [0.717, 1.165) is 37.1 Å². The number of benzene rings is 1. The molecule has 2 rings (SSSR count). The first-order chi connectivity index (χ1) is 10.8. The molecule has 0 aromatic heterocycles. The van der Waals surface area contributed by atoms with Gasteiger partial charge >= 0.3 is 0 Å². The van der Waals surface area contributed by atoms with Crippen molar-refractivity contribution in [3.05, 3.63) is 29.3 Å². The van der Waals surface area contributed by atoms with Gasteiger partial charge in [0.15, 0.2) is 0 Å². The van der Waals surface area contributed by atoms with Crippen LogP contribution in [0, 0.1) is 13.8 Å². The summed E-state index contributed by atoms with van der Waals surface area (Å²) in [6.45, 7) is 5.91. The van der Waals surface area contributed by atoms with Gasteiger partial charge in [0.05, 0.1) is 11.9 Å². The summed E-state index contributed by atoms with van der Waals surface area (Å²) in [5.41, 5.74) is 2.73. The zero-order valence-electron chi connectivity index (χ0n) is 14.2. The fraction of sp³-hybridized carbons (Fsp3) is 0.588. The largest absolute Gasteiger partial charge is 0.343 e. The van der Waals surface area contributed by atoms with Crippen LogP contribution >= 0.6 is 0 Å². The molecule has 0 atom stereocenters. The highest BCUT2D eigenvalue weighted by molar-refractivity contribution is 7.92. The van der Waals surface area contributed by atoms with Crippen molar-refractivity contribution in [2.24, 2.45) is 0 Å². The monoisotopic (exact) mass is 338 g/mol. The Labute approximate surface area is 139 Å². The predicted molar refractivity (Wildman–Crippen MR) is 93.2 cm³/mol. The van der Waals surface area contributed by atoms with Crippen molar-refractivity contribution in [1.82, 2.24) is 4.90 Å². The van der Waals surface area contributed by atoms with Crippen molar-refractivity contribution in [2.75, 3.05) is 30.2 Å². The minimum absolute atomic E-state index is 0.136. The lowest BCUT2D eigenvalue weighted by atomic mass is 10.1. The van der Waals surface area contributed by atoms with Gasteiger partial charge in [-0.1, -0.05) is 12.1 Å². The second kappa shape index (κ2) is 7.34. The van der Waals surface area contributed by atoms with Gasteiger partial charge in [-0.2, -0.15) is 0 Å². The Kier molecular flexibility index (Phi) is 5.68. The van der Waals surface area contributed by atoms with Crippen LogP contribution in [0.1, 0.15) is 36.8 Å². The second-order valence-corrected chi connectivity index (χ2v) is 8.15. The van der Waals surface area contributed by atoms with Gasteiger partial charge in [-0.3, -0.25) is 9.10 Å². The summed E-state index contributed by atoms with van der Waals surface area (Å²) < 4.78 is 25.7. The lowest BCUT2D eigenvalue weighted by Crippen LogP contribution is -2.33.